The molecular formula is C16H25NO2. The third-order valence-electron chi connectivity index (χ3n) is 4.17. The van der Waals surface area contributed by atoms with Crippen molar-refractivity contribution in [3.8, 4) is 11.5 Å². The second kappa shape index (κ2) is 6.80. The molecule has 1 aliphatic rings. The Morgan fingerprint density at radius 3 is 2.05 bits per heavy atom. The molecule has 0 radical (unpaired) electrons. The van der Waals surface area contributed by atoms with E-state index in [1.807, 2.05) is 13.1 Å². The zero-order valence-corrected chi connectivity index (χ0v) is 12.2. The predicted molar refractivity (Wildman–Crippen MR) is 77.9 cm³/mol. The number of hydrogen-bond donors (Lipinski definition) is 1. The topological polar surface area (TPSA) is 30.5 Å². The van der Waals surface area contributed by atoms with Crippen LogP contribution in [0.4, 0.5) is 0 Å². The molecule has 2 rings (SSSR count). The molecule has 19 heavy (non-hydrogen) atoms. The van der Waals surface area contributed by atoms with Gasteiger partial charge in [-0.3, -0.25) is 0 Å². The van der Waals surface area contributed by atoms with Crippen molar-refractivity contribution in [2.45, 2.75) is 38.1 Å². The van der Waals surface area contributed by atoms with Crippen molar-refractivity contribution < 1.29 is 9.47 Å². The molecule has 1 aliphatic carbocycles. The Hall–Kier alpha value is -1.22. The van der Waals surface area contributed by atoms with Gasteiger partial charge in [0.2, 0.25) is 0 Å². The summed E-state index contributed by atoms with van der Waals surface area (Å²) in [6, 6.07) is 6.57. The van der Waals surface area contributed by atoms with Gasteiger partial charge in [-0.15, -0.1) is 0 Å². The van der Waals surface area contributed by atoms with Crippen LogP contribution in [-0.4, -0.2) is 21.3 Å². The van der Waals surface area contributed by atoms with Gasteiger partial charge in [-0.25, -0.2) is 0 Å². The van der Waals surface area contributed by atoms with E-state index in [0.29, 0.717) is 6.04 Å². The van der Waals surface area contributed by atoms with Crippen LogP contribution in [0.2, 0.25) is 0 Å². The maximum atomic E-state index is 5.37. The van der Waals surface area contributed by atoms with Gasteiger partial charge < -0.3 is 14.8 Å². The second-order valence-electron chi connectivity index (χ2n) is 5.31. The van der Waals surface area contributed by atoms with Crippen molar-refractivity contribution in [2.24, 2.45) is 5.92 Å². The van der Waals surface area contributed by atoms with Crippen LogP contribution in [-0.2, 0) is 0 Å². The number of hydrogen-bond acceptors (Lipinski definition) is 3. The first-order chi connectivity index (χ1) is 9.28. The molecule has 3 nitrogen and oxygen atoms in total. The molecule has 1 saturated carbocycles. The summed E-state index contributed by atoms with van der Waals surface area (Å²) < 4.78 is 10.7. The van der Waals surface area contributed by atoms with Crippen LogP contribution >= 0.6 is 0 Å². The fraction of sp³-hybridized carbons (Fsp3) is 0.625. The molecule has 0 aliphatic heterocycles. The maximum Gasteiger partial charge on any atom is 0.122 e. The molecule has 0 amide bonds. The smallest absolute Gasteiger partial charge is 0.122 e. The average Bonchev–Trinajstić information content (AvgIpc) is 2.48. The highest BCUT2D eigenvalue weighted by molar-refractivity contribution is 5.40. The molecule has 106 valence electrons. The number of benzene rings is 1. The fourth-order valence-electron chi connectivity index (χ4n) is 3.15. The zero-order chi connectivity index (χ0) is 13.7. The molecule has 1 N–H and O–H groups in total. The van der Waals surface area contributed by atoms with E-state index in [1.165, 1.54) is 37.7 Å². The first-order valence-electron chi connectivity index (χ1n) is 7.18. The Morgan fingerprint density at radius 1 is 1.00 bits per heavy atom. The fourth-order valence-corrected chi connectivity index (χ4v) is 3.15. The Bertz CT molecular complexity index is 377. The van der Waals surface area contributed by atoms with Crippen molar-refractivity contribution in [1.82, 2.24) is 5.32 Å². The van der Waals surface area contributed by atoms with E-state index in [1.54, 1.807) is 14.2 Å². The Balaban J connectivity index is 2.25. The highest BCUT2D eigenvalue weighted by Gasteiger charge is 2.24. The summed E-state index contributed by atoms with van der Waals surface area (Å²) in [7, 11) is 5.45. The summed E-state index contributed by atoms with van der Waals surface area (Å²) in [6.07, 6.45) is 6.71. The van der Waals surface area contributed by atoms with Gasteiger partial charge in [0.15, 0.2) is 0 Å². The van der Waals surface area contributed by atoms with E-state index in [9.17, 15) is 0 Å². The molecular weight excluding hydrogens is 238 g/mol. The summed E-state index contributed by atoms with van der Waals surface area (Å²) in [6.45, 7) is 0. The second-order valence-corrected chi connectivity index (χ2v) is 5.31. The molecule has 0 aromatic heterocycles. The van der Waals surface area contributed by atoms with Crippen molar-refractivity contribution >= 4 is 0 Å². The van der Waals surface area contributed by atoms with Gasteiger partial charge in [0, 0.05) is 12.1 Å². The lowest BCUT2D eigenvalue weighted by molar-refractivity contribution is 0.280. The van der Waals surface area contributed by atoms with E-state index in [-0.39, 0.29) is 0 Å². The van der Waals surface area contributed by atoms with Crippen LogP contribution in [0.5, 0.6) is 11.5 Å². The first kappa shape index (κ1) is 14.2. The molecule has 0 heterocycles. The van der Waals surface area contributed by atoms with Gasteiger partial charge in [-0.05, 0) is 43.5 Å². The Kier molecular flexibility index (Phi) is 5.08. The molecule has 0 spiro atoms. The van der Waals surface area contributed by atoms with Crippen molar-refractivity contribution in [1.29, 1.82) is 0 Å². The lowest BCUT2D eigenvalue weighted by Gasteiger charge is -2.30. The van der Waals surface area contributed by atoms with Crippen molar-refractivity contribution in [3.63, 3.8) is 0 Å². The van der Waals surface area contributed by atoms with Gasteiger partial charge in [0.05, 0.1) is 14.2 Å². The number of ether oxygens (including phenoxy) is 2. The Morgan fingerprint density at radius 2 is 1.58 bits per heavy atom. The van der Waals surface area contributed by atoms with Gasteiger partial charge in [-0.2, -0.15) is 0 Å². The standard InChI is InChI=1S/C16H25NO2/c1-17-16(12-7-5-4-6-8-12)13-9-14(18-2)11-15(10-13)19-3/h9-12,16-17H,4-8H2,1-3H3. The lowest BCUT2D eigenvalue weighted by atomic mass is 9.81. The van der Waals surface area contributed by atoms with Gasteiger partial charge in [-0.1, -0.05) is 19.3 Å². The highest BCUT2D eigenvalue weighted by Crippen LogP contribution is 2.36. The van der Waals surface area contributed by atoms with Crippen molar-refractivity contribution in [3.05, 3.63) is 23.8 Å². The molecule has 1 atom stereocenters. The average molecular weight is 263 g/mol. The normalized spacial score (nSPS) is 18.1. The van der Waals surface area contributed by atoms with Gasteiger partial charge in [0.1, 0.15) is 11.5 Å². The maximum absolute atomic E-state index is 5.37. The molecule has 0 saturated heterocycles. The van der Waals surface area contributed by atoms with E-state index in [2.05, 4.69) is 17.4 Å². The minimum absolute atomic E-state index is 0.393. The molecule has 3 heteroatoms. The third kappa shape index (κ3) is 3.41. The molecule has 1 aromatic rings. The lowest BCUT2D eigenvalue weighted by Crippen LogP contribution is -2.27. The summed E-state index contributed by atoms with van der Waals surface area (Å²) >= 11 is 0. The molecule has 1 unspecified atom stereocenters. The van der Waals surface area contributed by atoms with Crippen LogP contribution in [0.1, 0.15) is 43.7 Å². The monoisotopic (exact) mass is 263 g/mol. The molecule has 1 fully saturated rings. The van der Waals surface area contributed by atoms with Crippen LogP contribution in [0.25, 0.3) is 0 Å². The number of methoxy groups -OCH3 is 2. The van der Waals surface area contributed by atoms with Gasteiger partial charge >= 0.3 is 0 Å². The van der Waals surface area contributed by atoms with Gasteiger partial charge in [0.25, 0.3) is 0 Å². The Labute approximate surface area is 116 Å². The quantitative estimate of drug-likeness (QED) is 0.881. The summed E-state index contributed by atoms with van der Waals surface area (Å²) in [5.74, 6) is 2.45. The third-order valence-corrected chi connectivity index (χ3v) is 4.17. The minimum Gasteiger partial charge on any atom is -0.497 e. The SMILES string of the molecule is CNC(c1cc(OC)cc(OC)c1)C1CCCCC1. The number of rotatable bonds is 5. The zero-order valence-electron chi connectivity index (χ0n) is 12.2. The summed E-state index contributed by atoms with van der Waals surface area (Å²) in [4.78, 5) is 0. The number of nitrogens with one attached hydrogen (secondary N) is 1. The largest absolute Gasteiger partial charge is 0.497 e. The van der Waals surface area contributed by atoms with Crippen LogP contribution in [0.15, 0.2) is 18.2 Å². The first-order valence-corrected chi connectivity index (χ1v) is 7.18. The summed E-state index contributed by atoms with van der Waals surface area (Å²) in [5, 5.41) is 3.48. The van der Waals surface area contributed by atoms with E-state index < -0.39 is 0 Å². The predicted octanol–water partition coefficient (Wildman–Crippen LogP) is 3.54. The van der Waals surface area contributed by atoms with Crippen molar-refractivity contribution in [2.75, 3.05) is 21.3 Å². The van der Waals surface area contributed by atoms with Crippen LogP contribution < -0.4 is 14.8 Å². The molecule has 0 bridgehead atoms. The van der Waals surface area contributed by atoms with E-state index in [0.717, 1.165) is 17.4 Å². The van der Waals surface area contributed by atoms with Crippen LogP contribution in [0.3, 0.4) is 0 Å². The van der Waals surface area contributed by atoms with E-state index in [4.69, 9.17) is 9.47 Å². The minimum atomic E-state index is 0.393. The van der Waals surface area contributed by atoms with Crippen LogP contribution in [0, 0.1) is 5.92 Å². The van der Waals surface area contributed by atoms with E-state index >= 15 is 0 Å². The summed E-state index contributed by atoms with van der Waals surface area (Å²) in [5.41, 5.74) is 1.27. The highest BCUT2D eigenvalue weighted by atomic mass is 16.5. The molecule has 1 aromatic carbocycles.